The Morgan fingerprint density at radius 3 is 2.60 bits per heavy atom. The summed E-state index contributed by atoms with van der Waals surface area (Å²) >= 11 is 0. The summed E-state index contributed by atoms with van der Waals surface area (Å²) in [6, 6.07) is 10.1. The van der Waals surface area contributed by atoms with Crippen LogP contribution >= 0.6 is 0 Å². The van der Waals surface area contributed by atoms with Crippen molar-refractivity contribution in [1.82, 2.24) is 9.97 Å². The lowest BCUT2D eigenvalue weighted by Gasteiger charge is -2.17. The van der Waals surface area contributed by atoms with Crippen LogP contribution in [0.5, 0.6) is 0 Å². The van der Waals surface area contributed by atoms with Gasteiger partial charge in [-0.1, -0.05) is 51.1 Å². The van der Waals surface area contributed by atoms with E-state index in [1.54, 1.807) is 0 Å². The molecule has 1 aliphatic carbocycles. The predicted octanol–water partition coefficient (Wildman–Crippen LogP) is 5.31. The second kappa shape index (κ2) is 7.97. The van der Waals surface area contributed by atoms with Gasteiger partial charge in [0.15, 0.2) is 11.6 Å². The first-order valence-electron chi connectivity index (χ1n) is 8.93. The molecule has 0 saturated carbocycles. The number of hydrogen-bond acceptors (Lipinski definition) is 4. The lowest BCUT2D eigenvalue weighted by Crippen LogP contribution is -2.09. The van der Waals surface area contributed by atoms with Crippen LogP contribution < -0.4 is 10.6 Å². The largest absolute Gasteiger partial charge is 0.337 e. The molecule has 0 radical (unpaired) electrons. The molecule has 130 valence electrons. The molecular formula is C21H26N4. The van der Waals surface area contributed by atoms with E-state index in [0.29, 0.717) is 11.8 Å². The highest BCUT2D eigenvalue weighted by atomic mass is 15.1. The van der Waals surface area contributed by atoms with E-state index < -0.39 is 0 Å². The van der Waals surface area contributed by atoms with Crippen LogP contribution in [0.25, 0.3) is 0 Å². The molecule has 1 unspecified atom stereocenters. The quantitative estimate of drug-likeness (QED) is 0.751. The molecule has 0 amide bonds. The molecule has 1 aliphatic rings. The molecule has 1 heterocycles. The Labute approximate surface area is 150 Å². The number of hydrogen-bond donors (Lipinski definition) is 2. The molecular weight excluding hydrogens is 308 g/mol. The molecule has 2 aromatic rings. The molecule has 1 aromatic carbocycles. The first-order valence-corrected chi connectivity index (χ1v) is 8.93. The Hall–Kier alpha value is -2.62. The van der Waals surface area contributed by atoms with Crippen LogP contribution in [0.1, 0.15) is 32.9 Å². The van der Waals surface area contributed by atoms with E-state index in [1.165, 1.54) is 0 Å². The van der Waals surface area contributed by atoms with E-state index in [0.717, 1.165) is 41.6 Å². The normalized spacial score (nSPS) is 16.6. The first kappa shape index (κ1) is 17.2. The number of allylic oxidation sites excluding steroid dienone is 3. The Morgan fingerprint density at radius 1 is 1.12 bits per heavy atom. The average molecular weight is 334 g/mol. The third-order valence-electron chi connectivity index (χ3n) is 4.05. The second-order valence-corrected chi connectivity index (χ2v) is 7.00. The van der Waals surface area contributed by atoms with Crippen molar-refractivity contribution in [2.24, 2.45) is 11.8 Å². The number of para-hydroxylation sites is 1. The fraction of sp³-hybridized carbons (Fsp3) is 0.333. The third kappa shape index (κ3) is 4.92. The van der Waals surface area contributed by atoms with E-state index in [2.05, 4.69) is 54.6 Å². The summed E-state index contributed by atoms with van der Waals surface area (Å²) in [6.45, 7) is 6.60. The van der Waals surface area contributed by atoms with Gasteiger partial charge in [-0.15, -0.1) is 0 Å². The maximum Gasteiger partial charge on any atom is 0.174 e. The van der Waals surface area contributed by atoms with Crippen LogP contribution in [0.4, 0.5) is 17.3 Å². The Kier molecular flexibility index (Phi) is 5.49. The van der Waals surface area contributed by atoms with Gasteiger partial charge in [0.25, 0.3) is 0 Å². The van der Waals surface area contributed by atoms with Crippen molar-refractivity contribution >= 4 is 17.3 Å². The van der Waals surface area contributed by atoms with Crippen molar-refractivity contribution in [3.63, 3.8) is 0 Å². The van der Waals surface area contributed by atoms with Gasteiger partial charge in [0.1, 0.15) is 0 Å². The molecule has 25 heavy (non-hydrogen) atoms. The lowest BCUT2D eigenvalue weighted by atomic mass is 10.0. The number of anilines is 3. The summed E-state index contributed by atoms with van der Waals surface area (Å²) in [5, 5.41) is 6.81. The van der Waals surface area contributed by atoms with Crippen LogP contribution in [0.3, 0.4) is 0 Å². The Bertz CT molecular complexity index is 763. The van der Waals surface area contributed by atoms with Crippen molar-refractivity contribution in [3.8, 4) is 0 Å². The summed E-state index contributed by atoms with van der Waals surface area (Å²) < 4.78 is 0. The van der Waals surface area contributed by atoms with Crippen LogP contribution in [0.15, 0.2) is 60.5 Å². The molecule has 0 saturated heterocycles. The summed E-state index contributed by atoms with van der Waals surface area (Å²) in [5.74, 6) is 2.65. The molecule has 4 heteroatoms. The highest BCUT2D eigenvalue weighted by Gasteiger charge is 2.12. The molecule has 1 atom stereocenters. The standard InChI is InChI=1S/C21H26N4/c1-15(2)13-19-14-22-20(23-18-11-9-16(3)10-12-18)21(25-19)24-17-7-5-4-6-8-17/h4-9,11-12,14-16H,10,13H2,1-3H3,(H,22,23)(H,24,25). The van der Waals surface area contributed by atoms with E-state index in [9.17, 15) is 0 Å². The van der Waals surface area contributed by atoms with Crippen molar-refractivity contribution in [3.05, 3.63) is 66.1 Å². The molecule has 0 aliphatic heterocycles. The Morgan fingerprint density at radius 2 is 1.92 bits per heavy atom. The van der Waals surface area contributed by atoms with Crippen molar-refractivity contribution in [2.45, 2.75) is 33.6 Å². The molecule has 0 fully saturated rings. The van der Waals surface area contributed by atoms with Crippen molar-refractivity contribution < 1.29 is 0 Å². The maximum atomic E-state index is 4.80. The summed E-state index contributed by atoms with van der Waals surface area (Å²) in [6.07, 6.45) is 10.4. The second-order valence-electron chi connectivity index (χ2n) is 7.00. The van der Waals surface area contributed by atoms with Gasteiger partial charge in [-0.05, 0) is 42.9 Å². The number of nitrogens with one attached hydrogen (secondary N) is 2. The number of benzene rings is 1. The van der Waals surface area contributed by atoms with Crippen LogP contribution in [-0.4, -0.2) is 9.97 Å². The highest BCUT2D eigenvalue weighted by Crippen LogP contribution is 2.25. The summed E-state index contributed by atoms with van der Waals surface area (Å²) in [5.41, 5.74) is 3.07. The molecule has 4 nitrogen and oxygen atoms in total. The van der Waals surface area contributed by atoms with E-state index in [4.69, 9.17) is 4.98 Å². The fourth-order valence-corrected chi connectivity index (χ4v) is 2.74. The summed E-state index contributed by atoms with van der Waals surface area (Å²) in [7, 11) is 0. The highest BCUT2D eigenvalue weighted by molar-refractivity contribution is 5.69. The van der Waals surface area contributed by atoms with Crippen LogP contribution in [0.2, 0.25) is 0 Å². The number of nitrogens with zero attached hydrogens (tertiary/aromatic N) is 2. The van der Waals surface area contributed by atoms with E-state index >= 15 is 0 Å². The summed E-state index contributed by atoms with van der Waals surface area (Å²) in [4.78, 5) is 9.43. The zero-order chi connectivity index (χ0) is 17.6. The SMILES string of the molecule is CC(C)Cc1cnc(NC2=CCC(C)C=C2)c(Nc2ccccc2)n1. The van der Waals surface area contributed by atoms with Gasteiger partial charge in [-0.3, -0.25) is 0 Å². The molecule has 1 aromatic heterocycles. The van der Waals surface area contributed by atoms with Gasteiger partial charge in [0.2, 0.25) is 0 Å². The van der Waals surface area contributed by atoms with E-state index in [-0.39, 0.29) is 0 Å². The molecule has 3 rings (SSSR count). The van der Waals surface area contributed by atoms with Crippen LogP contribution in [-0.2, 0) is 6.42 Å². The van der Waals surface area contributed by atoms with Gasteiger partial charge in [-0.2, -0.15) is 0 Å². The zero-order valence-electron chi connectivity index (χ0n) is 15.2. The minimum atomic E-state index is 0.545. The van der Waals surface area contributed by atoms with Crippen LogP contribution in [0, 0.1) is 11.8 Å². The third-order valence-corrected chi connectivity index (χ3v) is 4.05. The number of aromatic nitrogens is 2. The van der Waals surface area contributed by atoms with Gasteiger partial charge in [0, 0.05) is 11.4 Å². The average Bonchev–Trinajstić information content (AvgIpc) is 2.59. The fourth-order valence-electron chi connectivity index (χ4n) is 2.74. The Balaban J connectivity index is 1.86. The van der Waals surface area contributed by atoms with Gasteiger partial charge in [-0.25, -0.2) is 9.97 Å². The van der Waals surface area contributed by atoms with Crippen molar-refractivity contribution in [1.29, 1.82) is 0 Å². The first-order chi connectivity index (χ1) is 12.1. The minimum Gasteiger partial charge on any atom is -0.337 e. The maximum absolute atomic E-state index is 4.80. The van der Waals surface area contributed by atoms with Gasteiger partial charge >= 0.3 is 0 Å². The number of rotatable bonds is 6. The van der Waals surface area contributed by atoms with Crippen molar-refractivity contribution in [2.75, 3.05) is 10.6 Å². The molecule has 0 bridgehead atoms. The molecule has 0 spiro atoms. The van der Waals surface area contributed by atoms with E-state index in [1.807, 2.05) is 36.5 Å². The monoisotopic (exact) mass is 334 g/mol. The minimum absolute atomic E-state index is 0.545. The topological polar surface area (TPSA) is 49.8 Å². The smallest absolute Gasteiger partial charge is 0.174 e. The zero-order valence-corrected chi connectivity index (χ0v) is 15.2. The predicted molar refractivity (Wildman–Crippen MR) is 105 cm³/mol. The molecule has 2 N–H and O–H groups in total. The van der Waals surface area contributed by atoms with Gasteiger partial charge in [0.05, 0.1) is 11.9 Å². The van der Waals surface area contributed by atoms with Gasteiger partial charge < -0.3 is 10.6 Å². The lowest BCUT2D eigenvalue weighted by molar-refractivity contribution is 0.634.